The van der Waals surface area contributed by atoms with Crippen molar-refractivity contribution in [1.29, 1.82) is 0 Å². The molecule has 120 valence electrons. The van der Waals surface area contributed by atoms with Crippen LogP contribution >= 0.6 is 0 Å². The minimum absolute atomic E-state index is 0.0233. The maximum atomic E-state index is 12.7. The molecule has 23 heavy (non-hydrogen) atoms. The highest BCUT2D eigenvalue weighted by Crippen LogP contribution is 2.33. The monoisotopic (exact) mass is 317 g/mol. The zero-order valence-electron chi connectivity index (χ0n) is 12.4. The summed E-state index contributed by atoms with van der Waals surface area (Å²) in [5, 5.41) is 3.82. The number of nitrogens with one attached hydrogen (secondary N) is 1. The zero-order valence-corrected chi connectivity index (χ0v) is 12.4. The van der Waals surface area contributed by atoms with Crippen LogP contribution in [0.3, 0.4) is 0 Å². The summed E-state index contributed by atoms with van der Waals surface area (Å²) in [6, 6.07) is 6.92. The SMILES string of the molecule is COC(=O)C1CN(C(=O)C2=NNC(=O)CC2)c2ccccc2O1. The van der Waals surface area contributed by atoms with Gasteiger partial charge < -0.3 is 9.47 Å². The molecule has 0 bridgehead atoms. The van der Waals surface area contributed by atoms with Gasteiger partial charge in [-0.2, -0.15) is 5.10 Å². The molecule has 8 heteroatoms. The van der Waals surface area contributed by atoms with Crippen molar-refractivity contribution in [2.75, 3.05) is 18.6 Å². The number of carbonyl (C=O) groups excluding carboxylic acids is 3. The average molecular weight is 317 g/mol. The van der Waals surface area contributed by atoms with E-state index in [-0.39, 0.29) is 36.9 Å². The van der Waals surface area contributed by atoms with Crippen molar-refractivity contribution in [1.82, 2.24) is 5.43 Å². The Kier molecular flexibility index (Phi) is 3.96. The van der Waals surface area contributed by atoms with E-state index in [0.29, 0.717) is 11.4 Å². The minimum Gasteiger partial charge on any atom is -0.475 e. The molecular formula is C15H15N3O5. The molecule has 0 aliphatic carbocycles. The summed E-state index contributed by atoms with van der Waals surface area (Å²) in [6.07, 6.45) is -0.443. The van der Waals surface area contributed by atoms with Crippen molar-refractivity contribution < 1.29 is 23.9 Å². The van der Waals surface area contributed by atoms with E-state index in [1.807, 2.05) is 0 Å². The summed E-state index contributed by atoms with van der Waals surface area (Å²) in [5.74, 6) is -0.731. The van der Waals surface area contributed by atoms with E-state index in [9.17, 15) is 14.4 Å². The summed E-state index contributed by atoms with van der Waals surface area (Å²) < 4.78 is 10.3. The lowest BCUT2D eigenvalue weighted by atomic mass is 10.1. The lowest BCUT2D eigenvalue weighted by Crippen LogP contribution is -2.50. The summed E-state index contributed by atoms with van der Waals surface area (Å²) in [6.45, 7) is 0.0233. The van der Waals surface area contributed by atoms with E-state index in [1.165, 1.54) is 12.0 Å². The second kappa shape index (κ2) is 6.07. The number of hydrazone groups is 1. The Bertz CT molecular complexity index is 700. The Morgan fingerprint density at radius 1 is 1.35 bits per heavy atom. The molecular weight excluding hydrogens is 302 g/mol. The first-order chi connectivity index (χ1) is 11.1. The van der Waals surface area contributed by atoms with Crippen LogP contribution in [0.1, 0.15) is 12.8 Å². The molecule has 1 unspecified atom stereocenters. The number of nitrogens with zero attached hydrogens (tertiary/aromatic N) is 2. The molecule has 2 amide bonds. The fourth-order valence-electron chi connectivity index (χ4n) is 2.47. The first-order valence-corrected chi connectivity index (χ1v) is 7.11. The third-order valence-electron chi connectivity index (χ3n) is 3.63. The number of hydrogen-bond donors (Lipinski definition) is 1. The fraction of sp³-hybridized carbons (Fsp3) is 0.333. The van der Waals surface area contributed by atoms with Gasteiger partial charge in [0.2, 0.25) is 12.0 Å². The van der Waals surface area contributed by atoms with Gasteiger partial charge in [0.1, 0.15) is 11.5 Å². The normalized spacial score (nSPS) is 19.9. The van der Waals surface area contributed by atoms with Crippen molar-refractivity contribution in [3.05, 3.63) is 24.3 Å². The van der Waals surface area contributed by atoms with Gasteiger partial charge in [-0.1, -0.05) is 12.1 Å². The van der Waals surface area contributed by atoms with Crippen LogP contribution in [0.4, 0.5) is 5.69 Å². The van der Waals surface area contributed by atoms with Gasteiger partial charge in [0.15, 0.2) is 0 Å². The topological polar surface area (TPSA) is 97.3 Å². The predicted octanol–water partition coefficient (Wildman–Crippen LogP) is 0.220. The van der Waals surface area contributed by atoms with Gasteiger partial charge in [-0.25, -0.2) is 10.2 Å². The van der Waals surface area contributed by atoms with E-state index in [0.717, 1.165) is 0 Å². The third-order valence-corrected chi connectivity index (χ3v) is 3.63. The van der Waals surface area contributed by atoms with Gasteiger partial charge in [-0.05, 0) is 12.1 Å². The van der Waals surface area contributed by atoms with Crippen LogP contribution in [0, 0.1) is 0 Å². The second-order valence-electron chi connectivity index (χ2n) is 5.11. The highest BCUT2D eigenvalue weighted by molar-refractivity contribution is 6.44. The Labute approximate surface area is 132 Å². The molecule has 0 aromatic heterocycles. The quantitative estimate of drug-likeness (QED) is 0.787. The number of amides is 2. The smallest absolute Gasteiger partial charge is 0.348 e. The number of rotatable bonds is 2. The maximum absolute atomic E-state index is 12.7. The Morgan fingerprint density at radius 2 is 2.13 bits per heavy atom. The van der Waals surface area contributed by atoms with Gasteiger partial charge in [0.25, 0.3) is 5.91 Å². The van der Waals surface area contributed by atoms with Crippen molar-refractivity contribution in [3.8, 4) is 5.75 Å². The van der Waals surface area contributed by atoms with E-state index < -0.39 is 12.1 Å². The van der Waals surface area contributed by atoms with Gasteiger partial charge in [0, 0.05) is 12.8 Å². The third kappa shape index (κ3) is 2.87. The first kappa shape index (κ1) is 15.0. The molecule has 8 nitrogen and oxygen atoms in total. The molecule has 1 atom stereocenters. The second-order valence-corrected chi connectivity index (χ2v) is 5.11. The standard InChI is InChI=1S/C15H15N3O5/c1-22-15(21)12-8-18(10-4-2-3-5-11(10)23-12)14(20)9-6-7-13(19)17-16-9/h2-5,12H,6-8H2,1H3,(H,17,19). The molecule has 1 aromatic carbocycles. The highest BCUT2D eigenvalue weighted by Gasteiger charge is 2.36. The van der Waals surface area contributed by atoms with Crippen LogP contribution in [0.25, 0.3) is 0 Å². The number of ether oxygens (including phenoxy) is 2. The molecule has 1 aromatic rings. The number of benzene rings is 1. The molecule has 0 saturated carbocycles. The van der Waals surface area contributed by atoms with E-state index >= 15 is 0 Å². The average Bonchev–Trinajstić information content (AvgIpc) is 2.60. The van der Waals surface area contributed by atoms with E-state index in [2.05, 4.69) is 10.5 Å². The van der Waals surface area contributed by atoms with Gasteiger partial charge in [-0.15, -0.1) is 0 Å². The lowest BCUT2D eigenvalue weighted by Gasteiger charge is -2.33. The zero-order chi connectivity index (χ0) is 16.4. The Hall–Kier alpha value is -2.90. The van der Waals surface area contributed by atoms with Gasteiger partial charge >= 0.3 is 5.97 Å². The Balaban J connectivity index is 1.92. The molecule has 2 aliphatic heterocycles. The molecule has 3 rings (SSSR count). The van der Waals surface area contributed by atoms with Crippen LogP contribution in [0.5, 0.6) is 5.75 Å². The van der Waals surface area contributed by atoms with Gasteiger partial charge in [-0.3, -0.25) is 14.5 Å². The molecule has 0 saturated heterocycles. The van der Waals surface area contributed by atoms with E-state index in [4.69, 9.17) is 9.47 Å². The molecule has 2 heterocycles. The fourth-order valence-corrected chi connectivity index (χ4v) is 2.47. The number of carbonyl (C=O) groups is 3. The summed E-state index contributed by atoms with van der Waals surface area (Å²) in [4.78, 5) is 37.1. The van der Waals surface area contributed by atoms with E-state index in [1.54, 1.807) is 24.3 Å². The van der Waals surface area contributed by atoms with Crippen molar-refractivity contribution in [2.24, 2.45) is 5.10 Å². The van der Waals surface area contributed by atoms with Gasteiger partial charge in [0.05, 0.1) is 19.3 Å². The summed E-state index contributed by atoms with van der Waals surface area (Å²) >= 11 is 0. The first-order valence-electron chi connectivity index (χ1n) is 7.11. The van der Waals surface area contributed by atoms with Crippen molar-refractivity contribution >= 4 is 29.2 Å². The number of methoxy groups -OCH3 is 1. The number of esters is 1. The van der Waals surface area contributed by atoms with Crippen LogP contribution in [-0.2, 0) is 19.1 Å². The number of para-hydroxylation sites is 2. The molecule has 1 N–H and O–H groups in total. The highest BCUT2D eigenvalue weighted by atomic mass is 16.6. The van der Waals surface area contributed by atoms with Crippen molar-refractivity contribution in [2.45, 2.75) is 18.9 Å². The number of anilines is 1. The Morgan fingerprint density at radius 3 is 2.83 bits per heavy atom. The van der Waals surface area contributed by atoms with Crippen LogP contribution in [-0.4, -0.2) is 43.3 Å². The maximum Gasteiger partial charge on any atom is 0.348 e. The molecule has 0 spiro atoms. The number of fused-ring (bicyclic) bond motifs is 1. The van der Waals surface area contributed by atoms with Crippen LogP contribution < -0.4 is 15.1 Å². The van der Waals surface area contributed by atoms with Crippen LogP contribution in [0.2, 0.25) is 0 Å². The largest absolute Gasteiger partial charge is 0.475 e. The molecule has 2 aliphatic rings. The molecule has 0 radical (unpaired) electrons. The molecule has 0 fully saturated rings. The van der Waals surface area contributed by atoms with Crippen LogP contribution in [0.15, 0.2) is 29.4 Å². The van der Waals surface area contributed by atoms with Crippen molar-refractivity contribution in [3.63, 3.8) is 0 Å². The summed E-state index contributed by atoms with van der Waals surface area (Å²) in [5.41, 5.74) is 3.09. The number of hydrogen-bond acceptors (Lipinski definition) is 6. The predicted molar refractivity (Wildman–Crippen MR) is 80.0 cm³/mol. The minimum atomic E-state index is -0.905. The summed E-state index contributed by atoms with van der Waals surface area (Å²) in [7, 11) is 1.26. The lowest BCUT2D eigenvalue weighted by molar-refractivity contribution is -0.148.